The van der Waals surface area contributed by atoms with Crippen LogP contribution >= 0.6 is 0 Å². The van der Waals surface area contributed by atoms with Gasteiger partial charge in [-0.3, -0.25) is 0 Å². The first-order valence-corrected chi connectivity index (χ1v) is 7.45. The molecule has 0 aliphatic carbocycles. The van der Waals surface area contributed by atoms with Crippen LogP contribution in [0.1, 0.15) is 38.3 Å². The van der Waals surface area contributed by atoms with E-state index in [4.69, 9.17) is 4.74 Å². The fraction of sp³-hybridized carbons (Fsp3) is 0.333. The Morgan fingerprint density at radius 3 is 1.91 bits per heavy atom. The number of hydrogen-bond donors (Lipinski definition) is 0. The van der Waals surface area contributed by atoms with Crippen LogP contribution in [0.15, 0.2) is 42.5 Å². The summed E-state index contributed by atoms with van der Waals surface area (Å²) in [4.78, 5) is 0. The molecular weight excluding hydrogens is 308 g/mol. The van der Waals surface area contributed by atoms with Crippen molar-refractivity contribution in [2.75, 3.05) is 0 Å². The highest BCUT2D eigenvalue weighted by Crippen LogP contribution is 2.33. The van der Waals surface area contributed by atoms with Gasteiger partial charge in [0.1, 0.15) is 5.75 Å². The molecular formula is C18H20F4O. The topological polar surface area (TPSA) is 9.23 Å². The van der Waals surface area contributed by atoms with E-state index in [-0.39, 0.29) is 5.75 Å². The standard InChI is InChI=1S/C15H12F4O.C3H8/c1-2-10-3-6-12(7-4-10)20-14-8-5-11(9-13(14)16)15(17,18)19;1-3-2/h3-9H,2H2,1H3;3H2,1-2H3. The zero-order chi connectivity index (χ0) is 17.5. The Morgan fingerprint density at radius 2 is 1.48 bits per heavy atom. The molecule has 0 aromatic heterocycles. The van der Waals surface area contributed by atoms with E-state index in [0.717, 1.165) is 24.1 Å². The van der Waals surface area contributed by atoms with Gasteiger partial charge in [-0.25, -0.2) is 4.39 Å². The lowest BCUT2D eigenvalue weighted by Crippen LogP contribution is -2.05. The van der Waals surface area contributed by atoms with Crippen LogP contribution in [0.25, 0.3) is 0 Å². The van der Waals surface area contributed by atoms with Crippen molar-refractivity contribution in [1.29, 1.82) is 0 Å². The van der Waals surface area contributed by atoms with Gasteiger partial charge < -0.3 is 4.74 Å². The fourth-order valence-corrected chi connectivity index (χ4v) is 1.68. The Bertz CT molecular complexity index is 603. The molecule has 0 radical (unpaired) electrons. The highest BCUT2D eigenvalue weighted by molar-refractivity contribution is 5.36. The summed E-state index contributed by atoms with van der Waals surface area (Å²) in [5.41, 5.74) is 0.0499. The molecule has 0 aliphatic rings. The SMILES string of the molecule is CCC.CCc1ccc(Oc2ccc(C(F)(F)F)cc2F)cc1. The van der Waals surface area contributed by atoms with Crippen molar-refractivity contribution in [2.45, 2.75) is 39.8 Å². The largest absolute Gasteiger partial charge is 0.454 e. The van der Waals surface area contributed by atoms with Crippen molar-refractivity contribution >= 4 is 0 Å². The Labute approximate surface area is 133 Å². The second-order valence-corrected chi connectivity index (χ2v) is 4.95. The van der Waals surface area contributed by atoms with E-state index in [1.807, 2.05) is 19.1 Å². The van der Waals surface area contributed by atoms with Crippen molar-refractivity contribution in [2.24, 2.45) is 0 Å². The first-order valence-electron chi connectivity index (χ1n) is 7.45. The van der Waals surface area contributed by atoms with Gasteiger partial charge >= 0.3 is 6.18 Å². The monoisotopic (exact) mass is 328 g/mol. The van der Waals surface area contributed by atoms with E-state index in [1.165, 1.54) is 6.42 Å². The van der Waals surface area contributed by atoms with Crippen molar-refractivity contribution in [3.8, 4) is 11.5 Å². The zero-order valence-corrected chi connectivity index (χ0v) is 13.4. The second kappa shape index (κ2) is 8.56. The summed E-state index contributed by atoms with van der Waals surface area (Å²) < 4.78 is 56.0. The minimum Gasteiger partial charge on any atom is -0.454 e. The molecule has 0 aliphatic heterocycles. The van der Waals surface area contributed by atoms with Gasteiger partial charge in [0.2, 0.25) is 0 Å². The van der Waals surface area contributed by atoms with E-state index in [9.17, 15) is 17.6 Å². The maximum absolute atomic E-state index is 13.6. The summed E-state index contributed by atoms with van der Waals surface area (Å²) in [6.45, 7) is 6.24. The maximum Gasteiger partial charge on any atom is 0.416 e. The fourth-order valence-electron chi connectivity index (χ4n) is 1.68. The molecule has 2 aromatic carbocycles. The van der Waals surface area contributed by atoms with Gasteiger partial charge in [0, 0.05) is 0 Å². The van der Waals surface area contributed by atoms with Gasteiger partial charge in [-0.15, -0.1) is 0 Å². The molecule has 0 saturated carbocycles. The Hall–Kier alpha value is -2.04. The average Bonchev–Trinajstić information content (AvgIpc) is 2.50. The van der Waals surface area contributed by atoms with Gasteiger partial charge in [0.15, 0.2) is 11.6 Å². The molecule has 0 unspecified atom stereocenters. The number of aryl methyl sites for hydroxylation is 1. The molecule has 0 bridgehead atoms. The Morgan fingerprint density at radius 1 is 0.913 bits per heavy atom. The van der Waals surface area contributed by atoms with Crippen LogP contribution in [0.5, 0.6) is 11.5 Å². The molecule has 2 rings (SSSR count). The van der Waals surface area contributed by atoms with Crippen LogP contribution in [0.2, 0.25) is 0 Å². The molecule has 0 atom stereocenters. The molecule has 2 aromatic rings. The molecule has 126 valence electrons. The van der Waals surface area contributed by atoms with E-state index >= 15 is 0 Å². The lowest BCUT2D eigenvalue weighted by atomic mass is 10.2. The van der Waals surface area contributed by atoms with Gasteiger partial charge in [-0.05, 0) is 42.3 Å². The first-order chi connectivity index (χ1) is 10.8. The summed E-state index contributed by atoms with van der Waals surface area (Å²) in [5, 5.41) is 0. The van der Waals surface area contributed by atoms with Crippen molar-refractivity contribution in [1.82, 2.24) is 0 Å². The number of alkyl halides is 3. The molecule has 5 heteroatoms. The average molecular weight is 328 g/mol. The Kier molecular flexibility index (Phi) is 7.07. The van der Waals surface area contributed by atoms with Crippen LogP contribution in [0.3, 0.4) is 0 Å². The molecule has 0 amide bonds. The normalized spacial score (nSPS) is 10.7. The van der Waals surface area contributed by atoms with Crippen LogP contribution in [-0.4, -0.2) is 0 Å². The third kappa shape index (κ3) is 5.93. The summed E-state index contributed by atoms with van der Waals surface area (Å²) in [5.74, 6) is -0.900. The smallest absolute Gasteiger partial charge is 0.416 e. The van der Waals surface area contributed by atoms with Crippen molar-refractivity contribution < 1.29 is 22.3 Å². The molecule has 23 heavy (non-hydrogen) atoms. The van der Waals surface area contributed by atoms with Crippen LogP contribution in [-0.2, 0) is 12.6 Å². The lowest BCUT2D eigenvalue weighted by Gasteiger charge is -2.10. The zero-order valence-electron chi connectivity index (χ0n) is 13.4. The van der Waals surface area contributed by atoms with E-state index in [1.54, 1.807) is 12.1 Å². The predicted octanol–water partition coefficient (Wildman–Crippen LogP) is 6.62. The molecule has 0 N–H and O–H groups in total. The number of benzene rings is 2. The molecule has 0 heterocycles. The summed E-state index contributed by atoms with van der Waals surface area (Å²) in [6.07, 6.45) is -2.46. The van der Waals surface area contributed by atoms with Gasteiger partial charge in [0.05, 0.1) is 5.56 Å². The van der Waals surface area contributed by atoms with Crippen LogP contribution in [0.4, 0.5) is 17.6 Å². The van der Waals surface area contributed by atoms with Gasteiger partial charge in [0.25, 0.3) is 0 Å². The molecule has 0 fully saturated rings. The quantitative estimate of drug-likeness (QED) is 0.576. The predicted molar refractivity (Wildman–Crippen MR) is 83.3 cm³/mol. The van der Waals surface area contributed by atoms with Gasteiger partial charge in [-0.2, -0.15) is 13.2 Å². The maximum atomic E-state index is 13.6. The number of rotatable bonds is 3. The van der Waals surface area contributed by atoms with E-state index < -0.39 is 17.6 Å². The number of halogens is 4. The molecule has 1 nitrogen and oxygen atoms in total. The minimum atomic E-state index is -4.57. The summed E-state index contributed by atoms with van der Waals surface area (Å²) >= 11 is 0. The Balaban J connectivity index is 0.000000816. The van der Waals surface area contributed by atoms with Crippen LogP contribution in [0, 0.1) is 5.82 Å². The van der Waals surface area contributed by atoms with Gasteiger partial charge in [-0.1, -0.05) is 39.3 Å². The summed E-state index contributed by atoms with van der Waals surface area (Å²) in [6, 6.07) is 9.13. The first kappa shape index (κ1) is 19.0. The number of hydrogen-bond acceptors (Lipinski definition) is 1. The van der Waals surface area contributed by atoms with Crippen molar-refractivity contribution in [3.63, 3.8) is 0 Å². The number of ether oxygens (including phenoxy) is 1. The third-order valence-corrected chi connectivity index (χ3v) is 2.82. The molecule has 0 saturated heterocycles. The highest BCUT2D eigenvalue weighted by Gasteiger charge is 2.31. The molecule has 0 spiro atoms. The lowest BCUT2D eigenvalue weighted by molar-refractivity contribution is -0.137. The van der Waals surface area contributed by atoms with E-state index in [2.05, 4.69) is 13.8 Å². The minimum absolute atomic E-state index is 0.234. The van der Waals surface area contributed by atoms with E-state index in [0.29, 0.717) is 11.8 Å². The summed E-state index contributed by atoms with van der Waals surface area (Å²) in [7, 11) is 0. The van der Waals surface area contributed by atoms with Crippen molar-refractivity contribution in [3.05, 3.63) is 59.4 Å². The second-order valence-electron chi connectivity index (χ2n) is 4.95. The highest BCUT2D eigenvalue weighted by atomic mass is 19.4. The van der Waals surface area contributed by atoms with Crippen LogP contribution < -0.4 is 4.74 Å². The third-order valence-electron chi connectivity index (χ3n) is 2.82.